The lowest BCUT2D eigenvalue weighted by molar-refractivity contribution is 0.282. The second kappa shape index (κ2) is 4.42. The summed E-state index contributed by atoms with van der Waals surface area (Å²) in [6, 6.07) is 8.03. The minimum Gasteiger partial charge on any atom is -0.392 e. The highest BCUT2D eigenvalue weighted by molar-refractivity contribution is 7.97. The van der Waals surface area contributed by atoms with Crippen LogP contribution in [0.3, 0.4) is 0 Å². The number of hydrogen-bond donors (Lipinski definition) is 1. The quantitative estimate of drug-likeness (QED) is 0.745. The molecule has 1 nitrogen and oxygen atoms in total. The third-order valence-electron chi connectivity index (χ3n) is 1.48. The normalized spacial score (nSPS) is 10.0. The van der Waals surface area contributed by atoms with Crippen molar-refractivity contribution >= 4 is 11.8 Å². The van der Waals surface area contributed by atoms with Crippen molar-refractivity contribution in [2.75, 3.05) is 6.26 Å². The van der Waals surface area contributed by atoms with Crippen molar-refractivity contribution in [1.29, 1.82) is 0 Å². The second-order valence-electron chi connectivity index (χ2n) is 2.41. The van der Waals surface area contributed by atoms with Crippen LogP contribution in [0.4, 0.5) is 0 Å². The predicted molar refractivity (Wildman–Crippen MR) is 49.6 cm³/mol. The molecule has 0 fully saturated rings. The van der Waals surface area contributed by atoms with Crippen molar-refractivity contribution in [2.24, 2.45) is 0 Å². The molecule has 0 atom stereocenters. The molecule has 0 aliphatic rings. The Kier molecular flexibility index (Phi) is 3.46. The zero-order chi connectivity index (χ0) is 8.10. The summed E-state index contributed by atoms with van der Waals surface area (Å²) in [7, 11) is 0. The molecule has 0 aromatic heterocycles. The molecule has 1 aromatic carbocycles. The Hall–Kier alpha value is -0.470. The summed E-state index contributed by atoms with van der Waals surface area (Å²) in [5.74, 6) is 1.02. The van der Waals surface area contributed by atoms with Crippen molar-refractivity contribution in [3.8, 4) is 0 Å². The van der Waals surface area contributed by atoms with Gasteiger partial charge in [-0.05, 0) is 17.4 Å². The van der Waals surface area contributed by atoms with Gasteiger partial charge in [-0.15, -0.1) is 0 Å². The summed E-state index contributed by atoms with van der Waals surface area (Å²) in [6.07, 6.45) is 2.08. The van der Waals surface area contributed by atoms with Gasteiger partial charge in [0.2, 0.25) is 0 Å². The monoisotopic (exact) mass is 168 g/mol. The van der Waals surface area contributed by atoms with Gasteiger partial charge < -0.3 is 5.11 Å². The first-order valence-corrected chi connectivity index (χ1v) is 4.94. The fourth-order valence-electron chi connectivity index (χ4n) is 0.984. The van der Waals surface area contributed by atoms with Gasteiger partial charge in [0.05, 0.1) is 6.61 Å². The van der Waals surface area contributed by atoms with Gasteiger partial charge in [0.25, 0.3) is 0 Å². The van der Waals surface area contributed by atoms with E-state index in [0.29, 0.717) is 0 Å². The zero-order valence-corrected chi connectivity index (χ0v) is 7.40. The summed E-state index contributed by atoms with van der Waals surface area (Å²) >= 11 is 1.79. The molecule has 0 bridgehead atoms. The highest BCUT2D eigenvalue weighted by atomic mass is 32.2. The molecular weight excluding hydrogens is 156 g/mol. The van der Waals surface area contributed by atoms with Crippen molar-refractivity contribution in [3.05, 3.63) is 35.4 Å². The third-order valence-corrected chi connectivity index (χ3v) is 2.11. The lowest BCUT2D eigenvalue weighted by Gasteiger charge is -2.00. The van der Waals surface area contributed by atoms with Gasteiger partial charge in [0.15, 0.2) is 0 Å². The number of aliphatic hydroxyl groups is 1. The maximum atomic E-state index is 8.82. The smallest absolute Gasteiger partial charge is 0.0681 e. The fourth-order valence-corrected chi connectivity index (χ4v) is 1.50. The first kappa shape index (κ1) is 8.62. The van der Waals surface area contributed by atoms with Gasteiger partial charge in [-0.2, -0.15) is 11.8 Å². The van der Waals surface area contributed by atoms with Crippen LogP contribution in [0, 0.1) is 0 Å². The predicted octanol–water partition coefficient (Wildman–Crippen LogP) is 2.04. The Bertz CT molecular complexity index is 223. The highest BCUT2D eigenvalue weighted by Gasteiger charge is 1.92. The maximum absolute atomic E-state index is 8.82. The molecule has 1 aromatic rings. The van der Waals surface area contributed by atoms with Gasteiger partial charge in [0, 0.05) is 5.75 Å². The van der Waals surface area contributed by atoms with E-state index in [-0.39, 0.29) is 6.61 Å². The van der Waals surface area contributed by atoms with Gasteiger partial charge >= 0.3 is 0 Å². The minimum atomic E-state index is 0.141. The molecular formula is C9H12OS. The largest absolute Gasteiger partial charge is 0.392 e. The average Bonchev–Trinajstić information content (AvgIpc) is 2.06. The zero-order valence-electron chi connectivity index (χ0n) is 6.58. The van der Waals surface area contributed by atoms with E-state index < -0.39 is 0 Å². The average molecular weight is 168 g/mol. The first-order chi connectivity index (χ1) is 5.36. The Morgan fingerprint density at radius 2 is 2.09 bits per heavy atom. The van der Waals surface area contributed by atoms with Gasteiger partial charge in [-0.3, -0.25) is 0 Å². The molecule has 0 saturated carbocycles. The topological polar surface area (TPSA) is 20.2 Å². The van der Waals surface area contributed by atoms with E-state index in [1.165, 1.54) is 5.56 Å². The van der Waals surface area contributed by atoms with Crippen LogP contribution in [0.2, 0.25) is 0 Å². The number of benzene rings is 1. The molecule has 0 saturated heterocycles. The lowest BCUT2D eigenvalue weighted by Crippen LogP contribution is -1.85. The Labute approximate surface area is 71.4 Å². The van der Waals surface area contributed by atoms with E-state index in [1.54, 1.807) is 11.8 Å². The molecule has 0 heterocycles. The molecule has 0 radical (unpaired) electrons. The van der Waals surface area contributed by atoms with E-state index in [9.17, 15) is 0 Å². The van der Waals surface area contributed by atoms with Crippen molar-refractivity contribution < 1.29 is 5.11 Å². The van der Waals surface area contributed by atoms with Crippen LogP contribution in [-0.4, -0.2) is 11.4 Å². The molecule has 2 heteroatoms. The SMILES string of the molecule is CSCc1cccc(CO)c1. The Balaban J connectivity index is 2.74. The van der Waals surface area contributed by atoms with Crippen LogP contribution in [0.15, 0.2) is 24.3 Å². The number of hydrogen-bond acceptors (Lipinski definition) is 2. The summed E-state index contributed by atoms with van der Waals surface area (Å²) in [5, 5.41) is 8.82. The first-order valence-electron chi connectivity index (χ1n) is 3.54. The standard InChI is InChI=1S/C9H12OS/c1-11-7-9-4-2-3-8(5-9)6-10/h2-5,10H,6-7H2,1H3. The summed E-state index contributed by atoms with van der Waals surface area (Å²) in [5.41, 5.74) is 2.28. The van der Waals surface area contributed by atoms with Crippen LogP contribution in [0.25, 0.3) is 0 Å². The molecule has 0 unspecified atom stereocenters. The van der Waals surface area contributed by atoms with E-state index in [2.05, 4.69) is 12.3 Å². The van der Waals surface area contributed by atoms with Crippen LogP contribution in [0.1, 0.15) is 11.1 Å². The molecule has 0 spiro atoms. The van der Waals surface area contributed by atoms with Crippen LogP contribution in [-0.2, 0) is 12.4 Å². The summed E-state index contributed by atoms with van der Waals surface area (Å²) in [4.78, 5) is 0. The van der Waals surface area contributed by atoms with Crippen molar-refractivity contribution in [1.82, 2.24) is 0 Å². The number of thioether (sulfide) groups is 1. The minimum absolute atomic E-state index is 0.141. The van der Waals surface area contributed by atoms with E-state index in [0.717, 1.165) is 11.3 Å². The van der Waals surface area contributed by atoms with Crippen LogP contribution < -0.4 is 0 Å². The lowest BCUT2D eigenvalue weighted by atomic mass is 10.1. The fraction of sp³-hybridized carbons (Fsp3) is 0.333. The second-order valence-corrected chi connectivity index (χ2v) is 3.28. The molecule has 0 aliphatic heterocycles. The van der Waals surface area contributed by atoms with Gasteiger partial charge in [0.1, 0.15) is 0 Å². The van der Waals surface area contributed by atoms with E-state index >= 15 is 0 Å². The van der Waals surface area contributed by atoms with E-state index in [1.807, 2.05) is 18.2 Å². The molecule has 60 valence electrons. The molecule has 1 N–H and O–H groups in total. The molecule has 0 amide bonds. The Morgan fingerprint density at radius 3 is 2.73 bits per heavy atom. The summed E-state index contributed by atoms with van der Waals surface area (Å²) < 4.78 is 0. The summed E-state index contributed by atoms with van der Waals surface area (Å²) in [6.45, 7) is 0.141. The molecule has 1 rings (SSSR count). The molecule has 0 aliphatic carbocycles. The Morgan fingerprint density at radius 1 is 1.36 bits per heavy atom. The third kappa shape index (κ3) is 2.56. The van der Waals surface area contributed by atoms with Gasteiger partial charge in [-0.1, -0.05) is 24.3 Å². The van der Waals surface area contributed by atoms with E-state index in [4.69, 9.17) is 5.11 Å². The number of aliphatic hydroxyl groups excluding tert-OH is 1. The van der Waals surface area contributed by atoms with Crippen LogP contribution >= 0.6 is 11.8 Å². The number of rotatable bonds is 3. The maximum Gasteiger partial charge on any atom is 0.0681 e. The van der Waals surface area contributed by atoms with Crippen molar-refractivity contribution in [3.63, 3.8) is 0 Å². The molecule has 11 heavy (non-hydrogen) atoms. The van der Waals surface area contributed by atoms with Crippen LogP contribution in [0.5, 0.6) is 0 Å². The van der Waals surface area contributed by atoms with Gasteiger partial charge in [-0.25, -0.2) is 0 Å². The highest BCUT2D eigenvalue weighted by Crippen LogP contribution is 2.10. The van der Waals surface area contributed by atoms with Crippen molar-refractivity contribution in [2.45, 2.75) is 12.4 Å².